The second-order valence-electron chi connectivity index (χ2n) is 7.30. The zero-order chi connectivity index (χ0) is 20.9. The molecule has 4 N–H and O–H groups in total. The number of furan rings is 1. The van der Waals surface area contributed by atoms with Crippen LogP contribution in [0, 0.1) is 4.77 Å². The molecule has 3 aromatic rings. The van der Waals surface area contributed by atoms with E-state index in [1.807, 2.05) is 36.4 Å². The summed E-state index contributed by atoms with van der Waals surface area (Å²) in [5.74, 6) is 0.944. The summed E-state index contributed by atoms with van der Waals surface area (Å²) >= 11 is 5.37. The van der Waals surface area contributed by atoms with Gasteiger partial charge in [0.15, 0.2) is 10.6 Å². The van der Waals surface area contributed by atoms with Crippen molar-refractivity contribution < 1.29 is 13.9 Å². The number of nitrogens with one attached hydrogen (secondary N) is 2. The molecule has 1 aromatic carbocycles. The molecular formula is C20H25N5O3S. The Morgan fingerprint density at radius 3 is 2.76 bits per heavy atom. The minimum absolute atomic E-state index is 0.203. The van der Waals surface area contributed by atoms with Crippen LogP contribution in [0.3, 0.4) is 0 Å². The monoisotopic (exact) mass is 415 g/mol. The first-order valence-corrected chi connectivity index (χ1v) is 9.64. The number of H-pyrrole nitrogens is 1. The number of nitrogens with two attached hydrogens (primary N) is 1. The van der Waals surface area contributed by atoms with Crippen LogP contribution >= 0.6 is 12.2 Å². The predicted molar refractivity (Wildman–Crippen MR) is 110 cm³/mol. The Morgan fingerprint density at radius 1 is 1.34 bits per heavy atom. The standard InChI is InChI=1S/C20H25N5O3S/c1-20(2,21)18(26)22-16(13-27-12-14-7-4-3-5-8-14)17-23-24-19(29)25(17)11-15-9-6-10-28-15/h3-10,16H,11-13,21H2,1-2H3,(H,22,26)(H,24,29). The van der Waals surface area contributed by atoms with Crippen LogP contribution in [0.1, 0.15) is 37.0 Å². The first-order chi connectivity index (χ1) is 13.8. The highest BCUT2D eigenvalue weighted by atomic mass is 32.1. The van der Waals surface area contributed by atoms with Gasteiger partial charge in [0.05, 0.1) is 31.6 Å². The largest absolute Gasteiger partial charge is 0.467 e. The summed E-state index contributed by atoms with van der Waals surface area (Å²) in [6.07, 6.45) is 1.60. The number of nitrogens with zero attached hydrogens (tertiary/aromatic N) is 2. The molecule has 0 radical (unpaired) electrons. The van der Waals surface area contributed by atoms with E-state index in [2.05, 4.69) is 15.5 Å². The third kappa shape index (κ3) is 5.63. The number of aromatic amines is 1. The first-order valence-electron chi connectivity index (χ1n) is 9.23. The number of amides is 1. The first kappa shape index (κ1) is 21.0. The van der Waals surface area contributed by atoms with Crippen molar-refractivity contribution in [2.45, 2.75) is 38.6 Å². The Bertz CT molecular complexity index is 974. The summed E-state index contributed by atoms with van der Waals surface area (Å²) < 4.78 is 13.5. The number of aromatic nitrogens is 3. The SMILES string of the molecule is CC(C)(N)C(=O)NC(COCc1ccccc1)c1n[nH]c(=S)n1Cc1ccco1. The van der Waals surface area contributed by atoms with E-state index in [1.54, 1.807) is 30.7 Å². The van der Waals surface area contributed by atoms with Crippen LogP contribution in [0.4, 0.5) is 0 Å². The van der Waals surface area contributed by atoms with Crippen molar-refractivity contribution in [1.29, 1.82) is 0 Å². The number of carbonyl (C=O) groups is 1. The van der Waals surface area contributed by atoms with Crippen molar-refractivity contribution >= 4 is 18.1 Å². The van der Waals surface area contributed by atoms with Crippen LogP contribution in [-0.2, 0) is 22.7 Å². The van der Waals surface area contributed by atoms with Gasteiger partial charge in [-0.1, -0.05) is 30.3 Å². The van der Waals surface area contributed by atoms with Crippen LogP contribution < -0.4 is 11.1 Å². The average Bonchev–Trinajstić information content (AvgIpc) is 3.32. The van der Waals surface area contributed by atoms with Crippen molar-refractivity contribution in [3.05, 3.63) is 70.6 Å². The van der Waals surface area contributed by atoms with Gasteiger partial charge in [-0.25, -0.2) is 0 Å². The lowest BCUT2D eigenvalue weighted by Gasteiger charge is -2.24. The van der Waals surface area contributed by atoms with Crippen LogP contribution in [0.25, 0.3) is 0 Å². The molecule has 3 rings (SSSR count). The molecular weight excluding hydrogens is 390 g/mol. The third-order valence-corrected chi connectivity index (χ3v) is 4.59. The van der Waals surface area contributed by atoms with Gasteiger partial charge < -0.3 is 20.2 Å². The lowest BCUT2D eigenvalue weighted by atomic mass is 10.1. The molecule has 2 aromatic heterocycles. The summed E-state index contributed by atoms with van der Waals surface area (Å²) in [5, 5.41) is 10.0. The number of carbonyl (C=O) groups excluding carboxylic acids is 1. The Balaban J connectivity index is 1.80. The van der Waals surface area contributed by atoms with Crippen LogP contribution in [0.2, 0.25) is 0 Å². The van der Waals surface area contributed by atoms with E-state index < -0.39 is 11.6 Å². The summed E-state index contributed by atoms with van der Waals surface area (Å²) in [5.41, 5.74) is 5.94. The molecule has 29 heavy (non-hydrogen) atoms. The quantitative estimate of drug-likeness (QED) is 0.464. The molecule has 1 unspecified atom stereocenters. The van der Waals surface area contributed by atoms with Gasteiger partial charge in [0, 0.05) is 0 Å². The molecule has 154 valence electrons. The Kier molecular flexibility index (Phi) is 6.63. The van der Waals surface area contributed by atoms with E-state index >= 15 is 0 Å². The lowest BCUT2D eigenvalue weighted by Crippen LogP contribution is -2.51. The van der Waals surface area contributed by atoms with Crippen molar-refractivity contribution in [2.24, 2.45) is 5.73 Å². The molecule has 8 nitrogen and oxygen atoms in total. The van der Waals surface area contributed by atoms with Crippen molar-refractivity contribution in [1.82, 2.24) is 20.1 Å². The highest BCUT2D eigenvalue weighted by Gasteiger charge is 2.28. The molecule has 0 aliphatic carbocycles. The fourth-order valence-corrected chi connectivity index (χ4v) is 2.90. The molecule has 0 aliphatic rings. The zero-order valence-electron chi connectivity index (χ0n) is 16.4. The van der Waals surface area contributed by atoms with Gasteiger partial charge in [0.25, 0.3) is 0 Å². The molecule has 0 aliphatic heterocycles. The van der Waals surface area contributed by atoms with Gasteiger partial charge in [-0.3, -0.25) is 14.5 Å². The second-order valence-corrected chi connectivity index (χ2v) is 7.69. The van der Waals surface area contributed by atoms with E-state index in [4.69, 9.17) is 27.1 Å². The molecule has 0 fully saturated rings. The predicted octanol–water partition coefficient (Wildman–Crippen LogP) is 2.69. The minimum Gasteiger partial charge on any atom is -0.467 e. The topological polar surface area (TPSA) is 111 Å². The highest BCUT2D eigenvalue weighted by Crippen LogP contribution is 2.16. The van der Waals surface area contributed by atoms with Gasteiger partial charge in [-0.2, -0.15) is 5.10 Å². The second kappa shape index (κ2) is 9.17. The molecule has 9 heteroatoms. The van der Waals surface area contributed by atoms with Gasteiger partial charge in [0.2, 0.25) is 5.91 Å². The van der Waals surface area contributed by atoms with Crippen molar-refractivity contribution in [3.63, 3.8) is 0 Å². The summed E-state index contributed by atoms with van der Waals surface area (Å²) in [6.45, 7) is 4.28. The van der Waals surface area contributed by atoms with Crippen LogP contribution in [0.5, 0.6) is 0 Å². The smallest absolute Gasteiger partial charge is 0.240 e. The fourth-order valence-electron chi connectivity index (χ4n) is 2.70. The number of benzene rings is 1. The van der Waals surface area contributed by atoms with Gasteiger partial charge in [-0.05, 0) is 43.8 Å². The molecule has 2 heterocycles. The van der Waals surface area contributed by atoms with Gasteiger partial charge >= 0.3 is 0 Å². The number of hydrogen-bond donors (Lipinski definition) is 3. The maximum atomic E-state index is 12.5. The Morgan fingerprint density at radius 2 is 2.10 bits per heavy atom. The van der Waals surface area contributed by atoms with Gasteiger partial charge in [0.1, 0.15) is 11.8 Å². The maximum Gasteiger partial charge on any atom is 0.240 e. The van der Waals surface area contributed by atoms with Crippen LogP contribution in [-0.4, -0.2) is 32.8 Å². The summed E-state index contributed by atoms with van der Waals surface area (Å²) in [7, 11) is 0. The fraction of sp³-hybridized carbons (Fsp3) is 0.350. The normalized spacial score (nSPS) is 12.7. The Labute approximate surface area is 174 Å². The van der Waals surface area contributed by atoms with E-state index in [9.17, 15) is 4.79 Å². The van der Waals surface area contributed by atoms with E-state index in [-0.39, 0.29) is 12.5 Å². The lowest BCUT2D eigenvalue weighted by molar-refractivity contribution is -0.126. The molecule has 0 bridgehead atoms. The van der Waals surface area contributed by atoms with Crippen LogP contribution in [0.15, 0.2) is 53.1 Å². The van der Waals surface area contributed by atoms with E-state index in [0.717, 1.165) is 11.3 Å². The Hall–Kier alpha value is -2.75. The van der Waals surface area contributed by atoms with Gasteiger partial charge in [-0.15, -0.1) is 0 Å². The zero-order valence-corrected chi connectivity index (χ0v) is 17.2. The molecule has 1 atom stereocenters. The summed E-state index contributed by atoms with van der Waals surface area (Å²) in [6, 6.07) is 12.9. The van der Waals surface area contributed by atoms with Crippen molar-refractivity contribution in [2.75, 3.05) is 6.61 Å². The van der Waals surface area contributed by atoms with E-state index in [1.165, 1.54) is 0 Å². The maximum absolute atomic E-state index is 12.5. The molecule has 0 spiro atoms. The third-order valence-electron chi connectivity index (χ3n) is 4.28. The van der Waals surface area contributed by atoms with E-state index in [0.29, 0.717) is 23.7 Å². The number of hydrogen-bond acceptors (Lipinski definition) is 6. The minimum atomic E-state index is -1.05. The summed E-state index contributed by atoms with van der Waals surface area (Å²) in [4.78, 5) is 12.5. The molecule has 0 saturated carbocycles. The molecule has 1 amide bonds. The van der Waals surface area contributed by atoms with Crippen molar-refractivity contribution in [3.8, 4) is 0 Å². The number of ether oxygens (including phenoxy) is 1. The average molecular weight is 416 g/mol. The highest BCUT2D eigenvalue weighted by molar-refractivity contribution is 7.71. The number of rotatable bonds is 9. The molecule has 0 saturated heterocycles.